The number of ketones is 4. The molecule has 0 radical (unpaired) electrons. The molecule has 16 heteroatoms. The molecule has 16 nitrogen and oxygen atoms in total. The third-order valence-corrected chi connectivity index (χ3v) is 10.5. The van der Waals surface area contributed by atoms with E-state index in [2.05, 4.69) is 0 Å². The van der Waals surface area contributed by atoms with Crippen LogP contribution in [-0.2, 0) is 64.6 Å². The van der Waals surface area contributed by atoms with Gasteiger partial charge in [-0.25, -0.2) is 0 Å². The van der Waals surface area contributed by atoms with Crippen LogP contribution in [-0.4, -0.2) is 89.8 Å². The Hall–Kier alpha value is -6.72. The van der Waals surface area contributed by atoms with Crippen LogP contribution in [0, 0.1) is 11.8 Å². The minimum absolute atomic E-state index is 0.185. The Morgan fingerprint density at radius 3 is 0.735 bits per heavy atom. The normalized spacial score (nSPS) is 12.8. The van der Waals surface area contributed by atoms with E-state index in [-0.39, 0.29) is 35.5 Å². The van der Waals surface area contributed by atoms with Crippen molar-refractivity contribution in [1.29, 1.82) is 0 Å². The SMILES string of the molecule is CC(C)(O)C(=O)c1ccc(COC(=O)CC(C(=O)OCc2ccc(C(=O)C(C)(C)O)cc2)C(CC(=O)OCc2ccc(C(=O)C(C)(C)O)cc2)C(=O)OCc2ccc(C(=O)C(C)(C)O)cc2)cc1. The van der Waals surface area contributed by atoms with Gasteiger partial charge in [-0.15, -0.1) is 0 Å². The number of ether oxygens (including phenoxy) is 4. The lowest BCUT2D eigenvalue weighted by atomic mass is 9.86. The molecule has 2 unspecified atom stereocenters. The predicted octanol–water partition coefficient (Wildman–Crippen LogP) is 5.79. The van der Waals surface area contributed by atoms with Crippen LogP contribution in [0.3, 0.4) is 0 Å². The molecule has 0 amide bonds. The highest BCUT2D eigenvalue weighted by Gasteiger charge is 2.40. The number of carbonyl (C=O) groups is 8. The van der Waals surface area contributed by atoms with Crippen molar-refractivity contribution in [2.45, 2.75) is 117 Å². The Morgan fingerprint density at radius 1 is 0.353 bits per heavy atom. The van der Waals surface area contributed by atoms with Crippen molar-refractivity contribution in [1.82, 2.24) is 0 Å². The van der Waals surface area contributed by atoms with E-state index in [0.717, 1.165) is 0 Å². The van der Waals surface area contributed by atoms with Crippen molar-refractivity contribution in [2.24, 2.45) is 11.8 Å². The molecule has 0 aromatic heterocycles. The van der Waals surface area contributed by atoms with Gasteiger partial charge in [0.25, 0.3) is 0 Å². The molecule has 0 aliphatic heterocycles. The van der Waals surface area contributed by atoms with Gasteiger partial charge < -0.3 is 39.4 Å². The van der Waals surface area contributed by atoms with Crippen molar-refractivity contribution >= 4 is 47.0 Å². The van der Waals surface area contributed by atoms with E-state index in [1.54, 1.807) is 0 Å². The number of aliphatic hydroxyl groups is 4. The third-order valence-electron chi connectivity index (χ3n) is 10.5. The smallest absolute Gasteiger partial charge is 0.310 e. The number of carbonyl (C=O) groups excluding carboxylic acids is 8. The highest BCUT2D eigenvalue weighted by molar-refractivity contribution is 6.03. The van der Waals surface area contributed by atoms with E-state index in [1.165, 1.54) is 152 Å². The van der Waals surface area contributed by atoms with Crippen LogP contribution >= 0.6 is 0 Å². The fourth-order valence-corrected chi connectivity index (χ4v) is 6.53. The average Bonchev–Trinajstić information content (AvgIpc) is 3.28. The first-order valence-electron chi connectivity index (χ1n) is 21.6. The zero-order chi connectivity index (χ0) is 50.8. The van der Waals surface area contributed by atoms with Crippen LogP contribution < -0.4 is 0 Å². The van der Waals surface area contributed by atoms with Crippen LogP contribution in [0.2, 0.25) is 0 Å². The van der Waals surface area contributed by atoms with Gasteiger partial charge in [0.2, 0.25) is 0 Å². The second kappa shape index (κ2) is 22.4. The van der Waals surface area contributed by atoms with E-state index >= 15 is 0 Å². The molecule has 68 heavy (non-hydrogen) atoms. The molecule has 0 bridgehead atoms. The molecule has 362 valence electrons. The molecule has 0 aliphatic carbocycles. The highest BCUT2D eigenvalue weighted by atomic mass is 16.6. The first kappa shape index (κ1) is 53.9. The molecular weight excluding hydrogens is 881 g/mol. The van der Waals surface area contributed by atoms with Gasteiger partial charge in [-0.3, -0.25) is 38.4 Å². The maximum atomic E-state index is 14.1. The van der Waals surface area contributed by atoms with E-state index in [4.69, 9.17) is 18.9 Å². The molecule has 0 fully saturated rings. The summed E-state index contributed by atoms with van der Waals surface area (Å²) < 4.78 is 22.2. The van der Waals surface area contributed by atoms with Crippen LogP contribution in [0.1, 0.15) is 132 Å². The minimum atomic E-state index is -1.72. The summed E-state index contributed by atoms with van der Waals surface area (Å²) in [6.45, 7) is 9.23. The molecule has 4 aromatic rings. The van der Waals surface area contributed by atoms with Crippen molar-refractivity contribution in [3.63, 3.8) is 0 Å². The van der Waals surface area contributed by atoms with E-state index < -0.39 is 107 Å². The largest absolute Gasteiger partial charge is 0.461 e. The summed E-state index contributed by atoms with van der Waals surface area (Å²) in [4.78, 5) is 106. The van der Waals surface area contributed by atoms with Gasteiger partial charge in [-0.1, -0.05) is 97.1 Å². The molecule has 0 saturated carbocycles. The number of benzene rings is 4. The Labute approximate surface area is 394 Å². The maximum Gasteiger partial charge on any atom is 0.310 e. The molecule has 4 aromatic carbocycles. The van der Waals surface area contributed by atoms with Gasteiger partial charge in [-0.2, -0.15) is 0 Å². The van der Waals surface area contributed by atoms with Crippen LogP contribution in [0.25, 0.3) is 0 Å². The van der Waals surface area contributed by atoms with Gasteiger partial charge >= 0.3 is 23.9 Å². The first-order chi connectivity index (χ1) is 31.5. The Balaban J connectivity index is 1.62. The summed E-state index contributed by atoms with van der Waals surface area (Å²) in [5.74, 6) is -9.81. The molecule has 4 rings (SSSR count). The highest BCUT2D eigenvalue weighted by Crippen LogP contribution is 2.27. The predicted molar refractivity (Wildman–Crippen MR) is 244 cm³/mol. The van der Waals surface area contributed by atoms with E-state index in [1.807, 2.05) is 0 Å². The van der Waals surface area contributed by atoms with Crippen molar-refractivity contribution in [2.75, 3.05) is 0 Å². The average molecular weight is 939 g/mol. The summed E-state index contributed by atoms with van der Waals surface area (Å²) in [6.07, 6.45) is -1.60. The Morgan fingerprint density at radius 2 is 0.544 bits per heavy atom. The molecule has 0 aliphatic rings. The van der Waals surface area contributed by atoms with E-state index in [0.29, 0.717) is 22.3 Å². The van der Waals surface area contributed by atoms with Gasteiger partial charge in [0, 0.05) is 22.3 Å². The summed E-state index contributed by atoms with van der Waals surface area (Å²) in [6, 6.07) is 23.4. The molecule has 4 N–H and O–H groups in total. The van der Waals surface area contributed by atoms with Crippen LogP contribution in [0.15, 0.2) is 97.1 Å². The first-order valence-corrected chi connectivity index (χ1v) is 21.6. The standard InChI is InChI=1S/C52H58O16/c1-49(2,61)43(55)35-17-9-31(10-18-35)27-65-41(53)25-39(47(59)67-29-33-13-21-37(22-14-33)45(57)51(5,6)63)40(48(60)68-30-34-15-23-38(24-16-34)46(58)52(7,8)64)26-42(54)66-28-32-11-19-36(20-12-32)44(56)50(3,4)62/h9-24,39-40,61-64H,25-30H2,1-8H3. The fourth-order valence-electron chi connectivity index (χ4n) is 6.53. The third kappa shape index (κ3) is 15.7. The maximum absolute atomic E-state index is 14.1. The zero-order valence-corrected chi connectivity index (χ0v) is 39.3. The topological polar surface area (TPSA) is 254 Å². The zero-order valence-electron chi connectivity index (χ0n) is 39.3. The number of hydrogen-bond acceptors (Lipinski definition) is 16. The fraction of sp³-hybridized carbons (Fsp3) is 0.385. The van der Waals surface area contributed by atoms with Gasteiger partial charge in [0.15, 0.2) is 23.1 Å². The lowest BCUT2D eigenvalue weighted by Gasteiger charge is -2.24. The van der Waals surface area contributed by atoms with E-state index in [9.17, 15) is 58.8 Å². The van der Waals surface area contributed by atoms with Gasteiger partial charge in [0.1, 0.15) is 48.8 Å². The Kier molecular flexibility index (Phi) is 17.7. The lowest BCUT2D eigenvalue weighted by Crippen LogP contribution is -2.36. The van der Waals surface area contributed by atoms with Crippen LogP contribution in [0.5, 0.6) is 0 Å². The van der Waals surface area contributed by atoms with Crippen LogP contribution in [0.4, 0.5) is 0 Å². The minimum Gasteiger partial charge on any atom is -0.461 e. The van der Waals surface area contributed by atoms with Crippen molar-refractivity contribution in [3.8, 4) is 0 Å². The summed E-state index contributed by atoms with van der Waals surface area (Å²) in [5.41, 5.74) is -4.13. The molecule has 2 atom stereocenters. The quantitative estimate of drug-likeness (QED) is 0.0390. The number of esters is 4. The van der Waals surface area contributed by atoms with Gasteiger partial charge in [0.05, 0.1) is 24.7 Å². The molecule has 0 spiro atoms. The van der Waals surface area contributed by atoms with Crippen molar-refractivity contribution in [3.05, 3.63) is 142 Å². The molecule has 0 saturated heterocycles. The summed E-state index contributed by atoms with van der Waals surface area (Å²) in [7, 11) is 0. The second-order valence-corrected chi connectivity index (χ2v) is 18.5. The molecular formula is C52H58O16. The summed E-state index contributed by atoms with van der Waals surface area (Å²) in [5, 5.41) is 40.5. The Bertz CT molecular complexity index is 2280. The number of rotatable bonds is 23. The molecule has 0 heterocycles. The lowest BCUT2D eigenvalue weighted by molar-refractivity contribution is -0.169. The van der Waals surface area contributed by atoms with Crippen molar-refractivity contribution < 1.29 is 77.7 Å². The second-order valence-electron chi connectivity index (χ2n) is 18.5. The van der Waals surface area contributed by atoms with Gasteiger partial charge in [-0.05, 0) is 77.6 Å². The summed E-state index contributed by atoms with van der Waals surface area (Å²) >= 11 is 0. The monoisotopic (exact) mass is 938 g/mol. The number of hydrogen-bond donors (Lipinski definition) is 4. The number of Topliss-reactive ketones (excluding diaryl/α,β-unsaturated/α-hetero) is 4.